The molecule has 0 aliphatic carbocycles. The van der Waals surface area contributed by atoms with E-state index in [1.165, 1.54) is 0 Å². The summed E-state index contributed by atoms with van der Waals surface area (Å²) in [4.78, 5) is 13.7. The first-order valence-electron chi connectivity index (χ1n) is 6.19. The number of carbonyl (C=O) groups is 1. The molecule has 0 spiro atoms. The Kier molecular flexibility index (Phi) is 3.20. The minimum Gasteiger partial charge on any atom is -0.482 e. The van der Waals surface area contributed by atoms with Gasteiger partial charge in [-0.3, -0.25) is 4.79 Å². The van der Waals surface area contributed by atoms with Gasteiger partial charge in [0, 0.05) is 12.2 Å². The summed E-state index contributed by atoms with van der Waals surface area (Å²) in [6, 6.07) is 5.41. The number of nitrogens with zero attached hydrogens (tertiary/aromatic N) is 1. The van der Waals surface area contributed by atoms with Gasteiger partial charge < -0.3 is 15.4 Å². The number of hydrogen-bond donors (Lipinski definition) is 1. The Labute approximate surface area is 108 Å². The van der Waals surface area contributed by atoms with E-state index in [4.69, 9.17) is 10.5 Å². The van der Waals surface area contributed by atoms with Crippen molar-refractivity contribution in [2.75, 3.05) is 23.8 Å². The SMILES string of the molecule is CC(C)(C)CCN1C(=O)COc2ccc(N)cc21. The summed E-state index contributed by atoms with van der Waals surface area (Å²) in [7, 11) is 0. The lowest BCUT2D eigenvalue weighted by molar-refractivity contribution is -0.121. The Hall–Kier alpha value is -1.71. The molecule has 1 aliphatic rings. The maximum atomic E-state index is 11.9. The van der Waals surface area contributed by atoms with Crippen molar-refractivity contribution in [3.63, 3.8) is 0 Å². The first-order chi connectivity index (χ1) is 8.37. The second-order valence-electron chi connectivity index (χ2n) is 5.87. The number of rotatable bonds is 2. The number of anilines is 2. The van der Waals surface area contributed by atoms with Gasteiger partial charge >= 0.3 is 0 Å². The second-order valence-corrected chi connectivity index (χ2v) is 5.87. The molecule has 0 saturated carbocycles. The van der Waals surface area contributed by atoms with Gasteiger partial charge in [-0.15, -0.1) is 0 Å². The van der Waals surface area contributed by atoms with Gasteiger partial charge in [0.15, 0.2) is 6.61 Å². The summed E-state index contributed by atoms with van der Waals surface area (Å²) in [6.07, 6.45) is 0.937. The lowest BCUT2D eigenvalue weighted by atomic mass is 9.92. The fraction of sp³-hybridized carbons (Fsp3) is 0.500. The topological polar surface area (TPSA) is 55.6 Å². The number of benzene rings is 1. The highest BCUT2D eigenvalue weighted by Gasteiger charge is 2.26. The van der Waals surface area contributed by atoms with Crippen LogP contribution in [-0.2, 0) is 4.79 Å². The molecular weight excluding hydrogens is 228 g/mol. The third-order valence-electron chi connectivity index (χ3n) is 3.01. The second kappa shape index (κ2) is 4.52. The van der Waals surface area contributed by atoms with Crippen LogP contribution in [0.3, 0.4) is 0 Å². The Morgan fingerprint density at radius 1 is 1.39 bits per heavy atom. The minimum atomic E-state index is -0.00245. The van der Waals surface area contributed by atoms with Crippen LogP contribution in [0.4, 0.5) is 11.4 Å². The van der Waals surface area contributed by atoms with E-state index < -0.39 is 0 Å². The van der Waals surface area contributed by atoms with Crippen molar-refractivity contribution in [3.8, 4) is 5.75 Å². The highest BCUT2D eigenvalue weighted by atomic mass is 16.5. The zero-order chi connectivity index (χ0) is 13.3. The summed E-state index contributed by atoms with van der Waals surface area (Å²) in [5.41, 5.74) is 7.41. The normalized spacial score (nSPS) is 15.3. The van der Waals surface area contributed by atoms with Crippen molar-refractivity contribution in [2.24, 2.45) is 5.41 Å². The van der Waals surface area contributed by atoms with Gasteiger partial charge in [-0.1, -0.05) is 20.8 Å². The summed E-state index contributed by atoms with van der Waals surface area (Å²) in [6.45, 7) is 7.30. The first kappa shape index (κ1) is 12.7. The molecule has 1 aliphatic heterocycles. The predicted octanol–water partition coefficient (Wildman–Crippen LogP) is 2.43. The average Bonchev–Trinajstić information content (AvgIpc) is 2.26. The van der Waals surface area contributed by atoms with Crippen molar-refractivity contribution in [1.82, 2.24) is 0 Å². The van der Waals surface area contributed by atoms with E-state index in [-0.39, 0.29) is 17.9 Å². The third-order valence-corrected chi connectivity index (χ3v) is 3.01. The van der Waals surface area contributed by atoms with Crippen LogP contribution in [0.2, 0.25) is 0 Å². The Balaban J connectivity index is 2.24. The van der Waals surface area contributed by atoms with Gasteiger partial charge in [0.1, 0.15) is 5.75 Å². The molecule has 0 unspecified atom stereocenters. The van der Waals surface area contributed by atoms with Crippen LogP contribution < -0.4 is 15.4 Å². The van der Waals surface area contributed by atoms with Crippen molar-refractivity contribution < 1.29 is 9.53 Å². The van der Waals surface area contributed by atoms with Crippen molar-refractivity contribution in [1.29, 1.82) is 0 Å². The molecule has 0 atom stereocenters. The van der Waals surface area contributed by atoms with Crippen molar-refractivity contribution in [2.45, 2.75) is 27.2 Å². The maximum Gasteiger partial charge on any atom is 0.265 e. The quantitative estimate of drug-likeness (QED) is 0.818. The van der Waals surface area contributed by atoms with Crippen molar-refractivity contribution >= 4 is 17.3 Å². The number of hydrogen-bond acceptors (Lipinski definition) is 3. The number of ether oxygens (including phenoxy) is 1. The van der Waals surface area contributed by atoms with Crippen LogP contribution in [0.5, 0.6) is 5.75 Å². The lowest BCUT2D eigenvalue weighted by Crippen LogP contribution is -2.40. The van der Waals surface area contributed by atoms with Gasteiger partial charge in [-0.25, -0.2) is 0 Å². The zero-order valence-electron chi connectivity index (χ0n) is 11.2. The number of nitrogens with two attached hydrogens (primary N) is 1. The average molecular weight is 248 g/mol. The molecule has 1 aromatic carbocycles. The molecule has 1 amide bonds. The standard InChI is InChI=1S/C14H20N2O2/c1-14(2,3)6-7-16-11-8-10(15)4-5-12(11)18-9-13(16)17/h4-5,8H,6-7,9,15H2,1-3H3. The number of amides is 1. The van der Waals surface area contributed by atoms with E-state index in [2.05, 4.69) is 20.8 Å². The highest BCUT2D eigenvalue weighted by Crippen LogP contribution is 2.34. The molecule has 0 radical (unpaired) electrons. The molecule has 0 bridgehead atoms. The van der Waals surface area contributed by atoms with Crippen LogP contribution in [0.1, 0.15) is 27.2 Å². The van der Waals surface area contributed by atoms with E-state index in [9.17, 15) is 4.79 Å². The lowest BCUT2D eigenvalue weighted by Gasteiger charge is -2.31. The van der Waals surface area contributed by atoms with E-state index in [1.807, 2.05) is 6.07 Å². The third kappa shape index (κ3) is 2.75. The molecular formula is C14H20N2O2. The van der Waals surface area contributed by atoms with Crippen LogP contribution in [-0.4, -0.2) is 19.1 Å². The largest absolute Gasteiger partial charge is 0.482 e. The molecule has 2 N–H and O–H groups in total. The highest BCUT2D eigenvalue weighted by molar-refractivity contribution is 5.98. The van der Waals surface area contributed by atoms with Gasteiger partial charge in [-0.05, 0) is 30.0 Å². The van der Waals surface area contributed by atoms with Crippen LogP contribution in [0, 0.1) is 5.41 Å². The van der Waals surface area contributed by atoms with Gasteiger partial charge in [0.25, 0.3) is 5.91 Å². The molecule has 2 rings (SSSR count). The van der Waals surface area contributed by atoms with Gasteiger partial charge in [0.2, 0.25) is 0 Å². The fourth-order valence-corrected chi connectivity index (χ4v) is 1.91. The molecule has 1 aromatic rings. The maximum absolute atomic E-state index is 11.9. The zero-order valence-corrected chi connectivity index (χ0v) is 11.2. The molecule has 1 heterocycles. The molecule has 0 saturated heterocycles. The molecule has 18 heavy (non-hydrogen) atoms. The van der Waals surface area contributed by atoms with Crippen molar-refractivity contribution in [3.05, 3.63) is 18.2 Å². The number of nitrogen functional groups attached to an aromatic ring is 1. The van der Waals surface area contributed by atoms with Crippen LogP contribution >= 0.6 is 0 Å². The monoisotopic (exact) mass is 248 g/mol. The smallest absolute Gasteiger partial charge is 0.265 e. The molecule has 0 aromatic heterocycles. The summed E-state index contributed by atoms with van der Waals surface area (Å²) in [5.74, 6) is 0.732. The van der Waals surface area contributed by atoms with Gasteiger partial charge in [-0.2, -0.15) is 0 Å². The predicted molar refractivity (Wildman–Crippen MR) is 72.8 cm³/mol. The molecule has 4 heteroatoms. The van der Waals surface area contributed by atoms with E-state index in [0.29, 0.717) is 12.2 Å². The van der Waals surface area contributed by atoms with Crippen LogP contribution in [0.15, 0.2) is 18.2 Å². The molecule has 98 valence electrons. The Morgan fingerprint density at radius 2 is 2.11 bits per heavy atom. The number of fused-ring (bicyclic) bond motifs is 1. The van der Waals surface area contributed by atoms with E-state index in [0.717, 1.165) is 17.9 Å². The summed E-state index contributed by atoms with van der Waals surface area (Å²) < 4.78 is 5.41. The molecule has 0 fully saturated rings. The van der Waals surface area contributed by atoms with Crippen LogP contribution in [0.25, 0.3) is 0 Å². The molecule has 4 nitrogen and oxygen atoms in total. The Morgan fingerprint density at radius 3 is 2.78 bits per heavy atom. The minimum absolute atomic E-state index is 0.00245. The van der Waals surface area contributed by atoms with E-state index in [1.54, 1.807) is 17.0 Å². The summed E-state index contributed by atoms with van der Waals surface area (Å²) in [5, 5.41) is 0. The summed E-state index contributed by atoms with van der Waals surface area (Å²) >= 11 is 0. The first-order valence-corrected chi connectivity index (χ1v) is 6.19. The fourth-order valence-electron chi connectivity index (χ4n) is 1.91. The number of carbonyl (C=O) groups excluding carboxylic acids is 1. The van der Waals surface area contributed by atoms with E-state index >= 15 is 0 Å². The Bertz CT molecular complexity index is 463. The van der Waals surface area contributed by atoms with Gasteiger partial charge in [0.05, 0.1) is 5.69 Å².